The van der Waals surface area contributed by atoms with Crippen LogP contribution >= 0.6 is 0 Å². The van der Waals surface area contributed by atoms with Gasteiger partial charge in [-0.15, -0.1) is 0 Å². The Labute approximate surface area is 153 Å². The van der Waals surface area contributed by atoms with Crippen molar-refractivity contribution in [2.75, 3.05) is 20.2 Å². The van der Waals surface area contributed by atoms with E-state index in [0.29, 0.717) is 30.2 Å². The number of carbonyl (C=O) groups excluding carboxylic acids is 2. The van der Waals surface area contributed by atoms with E-state index in [2.05, 4.69) is 6.92 Å². The minimum absolute atomic E-state index is 0.0972. The van der Waals surface area contributed by atoms with Gasteiger partial charge in [0.15, 0.2) is 6.10 Å². The van der Waals surface area contributed by atoms with Gasteiger partial charge in [-0.3, -0.25) is 4.79 Å². The average Bonchev–Trinajstić information content (AvgIpc) is 3.01. The summed E-state index contributed by atoms with van der Waals surface area (Å²) in [5.41, 5.74) is 1.23. The molecule has 1 aromatic carbocycles. The molecule has 1 saturated heterocycles. The minimum Gasteiger partial charge on any atom is -0.449 e. The fourth-order valence-electron chi connectivity index (χ4n) is 3.30. The molecule has 1 atom stereocenters. The van der Waals surface area contributed by atoms with E-state index in [4.69, 9.17) is 13.9 Å². The van der Waals surface area contributed by atoms with Gasteiger partial charge in [0.1, 0.15) is 5.58 Å². The van der Waals surface area contributed by atoms with Gasteiger partial charge >= 0.3 is 5.97 Å². The second kappa shape index (κ2) is 7.91. The summed E-state index contributed by atoms with van der Waals surface area (Å²) in [6, 6.07) is 7.36. The van der Waals surface area contributed by atoms with Crippen LogP contribution in [0.5, 0.6) is 0 Å². The van der Waals surface area contributed by atoms with Gasteiger partial charge in [0.2, 0.25) is 5.76 Å². The minimum atomic E-state index is -0.848. The van der Waals surface area contributed by atoms with Crippen molar-refractivity contribution in [1.29, 1.82) is 0 Å². The van der Waals surface area contributed by atoms with Gasteiger partial charge < -0.3 is 18.8 Å². The lowest BCUT2D eigenvalue weighted by Gasteiger charge is -2.31. The first kappa shape index (κ1) is 18.5. The van der Waals surface area contributed by atoms with Crippen LogP contribution in [0.25, 0.3) is 11.0 Å². The van der Waals surface area contributed by atoms with Crippen molar-refractivity contribution in [3.05, 3.63) is 35.6 Å². The van der Waals surface area contributed by atoms with Crippen LogP contribution in [0.15, 0.2) is 28.7 Å². The van der Waals surface area contributed by atoms with Crippen molar-refractivity contribution in [3.63, 3.8) is 0 Å². The maximum Gasteiger partial charge on any atom is 0.375 e. The Bertz CT molecular complexity index is 789. The first-order valence-corrected chi connectivity index (χ1v) is 9.00. The summed E-state index contributed by atoms with van der Waals surface area (Å²) in [4.78, 5) is 26.9. The Morgan fingerprint density at radius 2 is 1.96 bits per heavy atom. The second-order valence-electron chi connectivity index (χ2n) is 6.89. The van der Waals surface area contributed by atoms with Crippen molar-refractivity contribution in [2.45, 2.75) is 39.4 Å². The standard InChI is InChI=1S/C20H25NO5/c1-13-8-10-21(11-9-13)19(22)14(2)25-20(23)18-16(12-24-3)15-6-4-5-7-17(15)26-18/h4-7,13-14H,8-12H2,1-3H3/t14-/m1/s1. The van der Waals surface area contributed by atoms with Gasteiger partial charge in [0, 0.05) is 31.1 Å². The maximum atomic E-state index is 12.6. The molecular formula is C20H25NO5. The lowest BCUT2D eigenvalue weighted by molar-refractivity contribution is -0.141. The quantitative estimate of drug-likeness (QED) is 0.766. The number of hydrogen-bond donors (Lipinski definition) is 0. The number of para-hydroxylation sites is 1. The van der Waals surface area contributed by atoms with E-state index in [1.54, 1.807) is 25.0 Å². The molecule has 0 aliphatic carbocycles. The van der Waals surface area contributed by atoms with E-state index in [0.717, 1.165) is 18.2 Å². The topological polar surface area (TPSA) is 69.0 Å². The zero-order valence-electron chi connectivity index (χ0n) is 15.5. The molecule has 0 unspecified atom stereocenters. The van der Waals surface area contributed by atoms with Crippen molar-refractivity contribution < 1.29 is 23.5 Å². The molecule has 1 amide bonds. The highest BCUT2D eigenvalue weighted by molar-refractivity contribution is 5.97. The van der Waals surface area contributed by atoms with Crippen molar-refractivity contribution in [2.24, 2.45) is 5.92 Å². The number of likely N-dealkylation sites (tertiary alicyclic amines) is 1. The number of piperidine rings is 1. The van der Waals surface area contributed by atoms with Gasteiger partial charge in [0.05, 0.1) is 6.61 Å². The van der Waals surface area contributed by atoms with E-state index in [1.807, 2.05) is 18.2 Å². The van der Waals surface area contributed by atoms with Gasteiger partial charge in [-0.1, -0.05) is 25.1 Å². The van der Waals surface area contributed by atoms with Gasteiger partial charge in [-0.25, -0.2) is 4.79 Å². The van der Waals surface area contributed by atoms with Gasteiger partial charge in [-0.2, -0.15) is 0 Å². The summed E-state index contributed by atoms with van der Waals surface area (Å²) < 4.78 is 16.3. The second-order valence-corrected chi connectivity index (χ2v) is 6.89. The normalized spacial score (nSPS) is 16.7. The number of nitrogens with zero attached hydrogens (tertiary/aromatic N) is 1. The summed E-state index contributed by atoms with van der Waals surface area (Å²) in [5.74, 6) is -0.0712. The fourth-order valence-corrected chi connectivity index (χ4v) is 3.30. The summed E-state index contributed by atoms with van der Waals surface area (Å²) in [5, 5.41) is 0.810. The van der Waals surface area contributed by atoms with E-state index in [9.17, 15) is 9.59 Å². The number of ether oxygens (including phenoxy) is 2. The first-order chi connectivity index (χ1) is 12.5. The number of carbonyl (C=O) groups is 2. The Morgan fingerprint density at radius 1 is 1.27 bits per heavy atom. The van der Waals surface area contributed by atoms with Crippen molar-refractivity contribution in [3.8, 4) is 0 Å². The average molecular weight is 359 g/mol. The molecule has 140 valence electrons. The predicted octanol–water partition coefficient (Wildman–Crippen LogP) is 3.38. The molecule has 0 radical (unpaired) electrons. The highest BCUT2D eigenvalue weighted by Crippen LogP contribution is 2.27. The van der Waals surface area contributed by atoms with Crippen LogP contribution in [0.1, 0.15) is 42.8 Å². The lowest BCUT2D eigenvalue weighted by atomic mass is 9.99. The summed E-state index contributed by atoms with van der Waals surface area (Å²) in [6.45, 7) is 5.44. The smallest absolute Gasteiger partial charge is 0.375 e. The molecule has 26 heavy (non-hydrogen) atoms. The number of fused-ring (bicyclic) bond motifs is 1. The number of esters is 1. The Balaban J connectivity index is 1.74. The first-order valence-electron chi connectivity index (χ1n) is 9.00. The van der Waals surface area contributed by atoms with E-state index in [-0.39, 0.29) is 18.3 Å². The lowest BCUT2D eigenvalue weighted by Crippen LogP contribution is -2.44. The number of methoxy groups -OCH3 is 1. The number of amides is 1. The summed E-state index contributed by atoms with van der Waals surface area (Å²) >= 11 is 0. The van der Waals surface area contributed by atoms with Gasteiger partial charge in [0.25, 0.3) is 5.91 Å². The molecular weight excluding hydrogens is 334 g/mol. The van der Waals surface area contributed by atoms with Crippen LogP contribution in [0.3, 0.4) is 0 Å². The molecule has 1 aromatic heterocycles. The van der Waals surface area contributed by atoms with E-state index < -0.39 is 12.1 Å². The molecule has 1 fully saturated rings. The SMILES string of the molecule is COCc1c(C(=O)O[C@H](C)C(=O)N2CCC(C)CC2)oc2ccccc12. The molecule has 6 nitrogen and oxygen atoms in total. The number of furan rings is 1. The van der Waals surface area contributed by atoms with Crippen LogP contribution in [0.4, 0.5) is 0 Å². The van der Waals surface area contributed by atoms with Crippen molar-refractivity contribution >= 4 is 22.8 Å². The third-order valence-corrected chi connectivity index (χ3v) is 4.90. The van der Waals surface area contributed by atoms with Gasteiger partial charge in [-0.05, 0) is 31.7 Å². The van der Waals surface area contributed by atoms with Crippen LogP contribution < -0.4 is 0 Å². The van der Waals surface area contributed by atoms with Crippen molar-refractivity contribution in [1.82, 2.24) is 4.90 Å². The van der Waals surface area contributed by atoms with Crippen LogP contribution in [-0.4, -0.2) is 43.1 Å². The van der Waals surface area contributed by atoms with Crippen LogP contribution in [0.2, 0.25) is 0 Å². The van der Waals surface area contributed by atoms with E-state index in [1.165, 1.54) is 0 Å². The maximum absolute atomic E-state index is 12.6. The summed E-state index contributed by atoms with van der Waals surface area (Å²) in [7, 11) is 1.56. The molecule has 0 N–H and O–H groups in total. The van der Waals surface area contributed by atoms with Crippen LogP contribution in [0, 0.1) is 5.92 Å². The zero-order chi connectivity index (χ0) is 18.7. The van der Waals surface area contributed by atoms with E-state index >= 15 is 0 Å². The zero-order valence-corrected chi connectivity index (χ0v) is 15.5. The Kier molecular flexibility index (Phi) is 5.61. The summed E-state index contributed by atoms with van der Waals surface area (Å²) in [6.07, 6.45) is 1.11. The third kappa shape index (κ3) is 3.75. The Hall–Kier alpha value is -2.34. The third-order valence-electron chi connectivity index (χ3n) is 4.90. The monoisotopic (exact) mass is 359 g/mol. The number of benzene rings is 1. The molecule has 0 spiro atoms. The molecule has 2 heterocycles. The molecule has 2 aromatic rings. The largest absolute Gasteiger partial charge is 0.449 e. The molecule has 6 heteroatoms. The molecule has 0 saturated carbocycles. The number of hydrogen-bond acceptors (Lipinski definition) is 5. The molecule has 0 bridgehead atoms. The molecule has 3 rings (SSSR count). The molecule has 1 aliphatic heterocycles. The molecule has 1 aliphatic rings. The Morgan fingerprint density at radius 3 is 2.65 bits per heavy atom. The fraction of sp³-hybridized carbons (Fsp3) is 0.500. The van der Waals surface area contributed by atoms with Crippen LogP contribution in [-0.2, 0) is 20.9 Å². The predicted molar refractivity (Wildman–Crippen MR) is 96.8 cm³/mol. The highest BCUT2D eigenvalue weighted by atomic mass is 16.6. The highest BCUT2D eigenvalue weighted by Gasteiger charge is 2.29. The number of rotatable bonds is 5.